The summed E-state index contributed by atoms with van der Waals surface area (Å²) in [6.45, 7) is 1.62. The minimum Gasteiger partial charge on any atom is -0.372 e. The highest BCUT2D eigenvalue weighted by atomic mass is 19.1. The third-order valence-corrected chi connectivity index (χ3v) is 2.77. The van der Waals surface area contributed by atoms with E-state index in [1.54, 1.807) is 26.1 Å². The lowest BCUT2D eigenvalue weighted by molar-refractivity contribution is 0.102. The lowest BCUT2D eigenvalue weighted by Gasteiger charge is -2.09. The molecule has 0 aliphatic rings. The van der Waals surface area contributed by atoms with Gasteiger partial charge < -0.3 is 10.6 Å². The van der Waals surface area contributed by atoms with Gasteiger partial charge in [0.2, 0.25) is 0 Å². The van der Waals surface area contributed by atoms with Gasteiger partial charge in [0, 0.05) is 12.7 Å². The molecule has 2 rings (SSSR count). The Hall–Kier alpha value is -2.50. The van der Waals surface area contributed by atoms with Crippen LogP contribution >= 0.6 is 0 Å². The second-order valence-electron chi connectivity index (χ2n) is 4.22. The number of aromatic nitrogens is 1. The molecule has 0 unspecified atom stereocenters. The molecule has 0 radical (unpaired) electrons. The fourth-order valence-electron chi connectivity index (χ4n) is 1.68. The molecule has 0 aliphatic heterocycles. The molecular weight excluding hydrogens is 264 g/mol. The Labute approximate surface area is 114 Å². The van der Waals surface area contributed by atoms with Crippen molar-refractivity contribution in [1.82, 2.24) is 4.98 Å². The highest BCUT2D eigenvalue weighted by Gasteiger charge is 2.14. The van der Waals surface area contributed by atoms with Gasteiger partial charge in [-0.15, -0.1) is 0 Å². The average Bonchev–Trinajstić information content (AvgIpc) is 2.43. The molecule has 1 heterocycles. The third-order valence-electron chi connectivity index (χ3n) is 2.77. The normalized spacial score (nSPS) is 10.2. The summed E-state index contributed by atoms with van der Waals surface area (Å²) in [6, 6.07) is 5.40. The Balaban J connectivity index is 2.27. The topological polar surface area (TPSA) is 54.0 Å². The first-order valence-electron chi connectivity index (χ1n) is 5.92. The smallest absolute Gasteiger partial charge is 0.259 e. The van der Waals surface area contributed by atoms with Crippen molar-refractivity contribution in [2.24, 2.45) is 0 Å². The summed E-state index contributed by atoms with van der Waals surface area (Å²) in [7, 11) is 1.57. The average molecular weight is 277 g/mol. The van der Waals surface area contributed by atoms with Crippen molar-refractivity contribution in [3.63, 3.8) is 0 Å². The zero-order chi connectivity index (χ0) is 14.7. The van der Waals surface area contributed by atoms with Crippen molar-refractivity contribution in [3.05, 3.63) is 53.2 Å². The maximum Gasteiger partial charge on any atom is 0.259 e. The summed E-state index contributed by atoms with van der Waals surface area (Å²) >= 11 is 0. The number of benzene rings is 1. The highest BCUT2D eigenvalue weighted by Crippen LogP contribution is 2.18. The van der Waals surface area contributed by atoms with Crippen LogP contribution in [0.25, 0.3) is 0 Å². The Kier molecular flexibility index (Phi) is 3.93. The van der Waals surface area contributed by atoms with Crippen molar-refractivity contribution in [2.45, 2.75) is 6.92 Å². The van der Waals surface area contributed by atoms with Crippen LogP contribution in [-0.2, 0) is 0 Å². The molecule has 6 heteroatoms. The summed E-state index contributed by atoms with van der Waals surface area (Å²) < 4.78 is 26.6. The van der Waals surface area contributed by atoms with Crippen LogP contribution in [0.4, 0.5) is 20.3 Å². The number of anilines is 2. The van der Waals surface area contributed by atoms with Crippen LogP contribution in [0.2, 0.25) is 0 Å². The molecular formula is C14H13F2N3O. The van der Waals surface area contributed by atoms with E-state index in [1.165, 1.54) is 6.07 Å². The molecule has 0 spiro atoms. The molecule has 2 N–H and O–H groups in total. The number of nitrogens with one attached hydrogen (secondary N) is 2. The molecule has 0 saturated heterocycles. The number of pyridine rings is 1. The van der Waals surface area contributed by atoms with Crippen LogP contribution in [0.3, 0.4) is 0 Å². The van der Waals surface area contributed by atoms with E-state index < -0.39 is 17.5 Å². The number of amides is 1. The van der Waals surface area contributed by atoms with Gasteiger partial charge in [-0.3, -0.25) is 4.79 Å². The molecule has 0 fully saturated rings. The maximum absolute atomic E-state index is 13.4. The van der Waals surface area contributed by atoms with Crippen LogP contribution in [0.15, 0.2) is 30.5 Å². The number of hydrogen-bond donors (Lipinski definition) is 2. The minimum absolute atomic E-state index is 0.0495. The number of carbonyl (C=O) groups is 1. The van der Waals surface area contributed by atoms with Gasteiger partial charge in [0.1, 0.15) is 17.5 Å². The quantitative estimate of drug-likeness (QED) is 0.907. The first-order valence-corrected chi connectivity index (χ1v) is 5.92. The van der Waals surface area contributed by atoms with Crippen molar-refractivity contribution in [1.29, 1.82) is 0 Å². The van der Waals surface area contributed by atoms with Crippen molar-refractivity contribution in [2.75, 3.05) is 17.7 Å². The van der Waals surface area contributed by atoms with E-state index in [2.05, 4.69) is 15.6 Å². The second kappa shape index (κ2) is 5.64. The van der Waals surface area contributed by atoms with E-state index >= 15 is 0 Å². The zero-order valence-corrected chi connectivity index (χ0v) is 11.0. The van der Waals surface area contributed by atoms with E-state index in [4.69, 9.17) is 0 Å². The molecule has 1 aromatic carbocycles. The summed E-state index contributed by atoms with van der Waals surface area (Å²) in [5, 5.41) is 5.20. The molecule has 1 aromatic heterocycles. The van der Waals surface area contributed by atoms with Crippen molar-refractivity contribution in [3.8, 4) is 0 Å². The maximum atomic E-state index is 13.4. The van der Waals surface area contributed by atoms with Gasteiger partial charge in [0.25, 0.3) is 5.91 Å². The van der Waals surface area contributed by atoms with Gasteiger partial charge in [-0.2, -0.15) is 0 Å². The van der Waals surface area contributed by atoms with Gasteiger partial charge >= 0.3 is 0 Å². The number of aryl methyl sites for hydroxylation is 1. The molecule has 0 saturated carbocycles. The molecule has 1 amide bonds. The zero-order valence-electron chi connectivity index (χ0n) is 11.0. The Morgan fingerprint density at radius 1 is 1.25 bits per heavy atom. The number of carbonyl (C=O) groups excluding carboxylic acids is 1. The van der Waals surface area contributed by atoms with Crippen molar-refractivity contribution >= 4 is 17.4 Å². The lowest BCUT2D eigenvalue weighted by atomic mass is 10.2. The fraction of sp³-hybridized carbons (Fsp3) is 0.143. The number of rotatable bonds is 3. The van der Waals surface area contributed by atoms with Crippen LogP contribution in [0.1, 0.15) is 15.9 Å². The number of halogens is 2. The Bertz CT molecular complexity index is 659. The predicted octanol–water partition coefficient (Wildman–Crippen LogP) is 2.96. The summed E-state index contributed by atoms with van der Waals surface area (Å²) in [4.78, 5) is 15.8. The summed E-state index contributed by atoms with van der Waals surface area (Å²) in [5.74, 6) is -1.36. The van der Waals surface area contributed by atoms with Crippen molar-refractivity contribution < 1.29 is 13.6 Å². The van der Waals surface area contributed by atoms with Crippen LogP contribution < -0.4 is 10.6 Å². The van der Waals surface area contributed by atoms with Gasteiger partial charge in [0.05, 0.1) is 11.8 Å². The predicted molar refractivity (Wildman–Crippen MR) is 72.8 cm³/mol. The standard InChI is InChI=1S/C14H13F2N3O/c1-8-3-4-10(6-12(8)16)19-14(20)11-5-9(15)7-18-13(11)17-2/h3-7H,1-2H3,(H,17,18)(H,19,20). The third kappa shape index (κ3) is 2.90. The number of nitrogens with zero attached hydrogens (tertiary/aromatic N) is 1. The van der Waals surface area contributed by atoms with Crippen LogP contribution in [0.5, 0.6) is 0 Å². The first-order chi connectivity index (χ1) is 9.51. The van der Waals surface area contributed by atoms with Gasteiger partial charge in [-0.1, -0.05) is 6.07 Å². The van der Waals surface area contributed by atoms with E-state index in [-0.39, 0.29) is 11.4 Å². The minimum atomic E-state index is -0.621. The Morgan fingerprint density at radius 3 is 2.65 bits per heavy atom. The molecule has 0 atom stereocenters. The monoisotopic (exact) mass is 277 g/mol. The van der Waals surface area contributed by atoms with Crippen LogP contribution in [0, 0.1) is 18.6 Å². The lowest BCUT2D eigenvalue weighted by Crippen LogP contribution is -2.15. The molecule has 104 valence electrons. The van der Waals surface area contributed by atoms with E-state index in [9.17, 15) is 13.6 Å². The molecule has 0 aliphatic carbocycles. The van der Waals surface area contributed by atoms with E-state index in [0.29, 0.717) is 11.3 Å². The highest BCUT2D eigenvalue weighted by molar-refractivity contribution is 6.07. The molecule has 0 bridgehead atoms. The fourth-order valence-corrected chi connectivity index (χ4v) is 1.68. The summed E-state index contributed by atoms with van der Waals surface area (Å²) in [5.41, 5.74) is 0.823. The molecule has 4 nitrogen and oxygen atoms in total. The molecule has 20 heavy (non-hydrogen) atoms. The van der Waals surface area contributed by atoms with Crippen LogP contribution in [-0.4, -0.2) is 17.9 Å². The summed E-state index contributed by atoms with van der Waals surface area (Å²) in [6.07, 6.45) is 1.01. The Morgan fingerprint density at radius 2 is 2.00 bits per heavy atom. The first kappa shape index (κ1) is 13.9. The van der Waals surface area contributed by atoms with Gasteiger partial charge in [-0.05, 0) is 30.7 Å². The second-order valence-corrected chi connectivity index (χ2v) is 4.22. The number of hydrogen-bond acceptors (Lipinski definition) is 3. The molecule has 2 aromatic rings. The largest absolute Gasteiger partial charge is 0.372 e. The van der Waals surface area contributed by atoms with E-state index in [1.807, 2.05) is 0 Å². The van der Waals surface area contributed by atoms with E-state index in [0.717, 1.165) is 12.3 Å². The van der Waals surface area contributed by atoms with Gasteiger partial charge in [-0.25, -0.2) is 13.8 Å². The van der Waals surface area contributed by atoms with Gasteiger partial charge in [0.15, 0.2) is 0 Å². The SMILES string of the molecule is CNc1ncc(F)cc1C(=O)Nc1ccc(C)c(F)c1.